The van der Waals surface area contributed by atoms with Crippen LogP contribution < -0.4 is 10.1 Å². The molecule has 0 spiro atoms. The van der Waals surface area contributed by atoms with E-state index in [4.69, 9.17) is 4.74 Å². The summed E-state index contributed by atoms with van der Waals surface area (Å²) in [7, 11) is 0. The Balaban J connectivity index is 2.05. The Morgan fingerprint density at radius 3 is 2.58 bits per heavy atom. The van der Waals surface area contributed by atoms with Crippen molar-refractivity contribution in [2.75, 3.05) is 6.61 Å². The van der Waals surface area contributed by atoms with Gasteiger partial charge in [-0.3, -0.25) is 0 Å². The van der Waals surface area contributed by atoms with Gasteiger partial charge in [-0.05, 0) is 31.2 Å². The minimum atomic E-state index is 0.456. The predicted molar refractivity (Wildman–Crippen MR) is 78.5 cm³/mol. The van der Waals surface area contributed by atoms with Crippen LogP contribution in [0, 0.1) is 0 Å². The van der Waals surface area contributed by atoms with Gasteiger partial charge >= 0.3 is 0 Å². The van der Waals surface area contributed by atoms with Gasteiger partial charge in [0.25, 0.3) is 0 Å². The maximum absolute atomic E-state index is 5.42. The standard InChI is InChI=1S/C14H19N3OS/c1-4-18-12-7-5-11(6-8-12)14-17-16-13(19-14)9-15-10(2)3/h5-8,10,15H,4,9H2,1-3H3. The highest BCUT2D eigenvalue weighted by Crippen LogP contribution is 2.25. The van der Waals surface area contributed by atoms with Crippen molar-refractivity contribution in [1.82, 2.24) is 15.5 Å². The molecule has 19 heavy (non-hydrogen) atoms. The Kier molecular flexibility index (Phi) is 4.87. The van der Waals surface area contributed by atoms with Crippen molar-refractivity contribution < 1.29 is 4.74 Å². The first-order valence-corrected chi connectivity index (χ1v) is 7.29. The minimum absolute atomic E-state index is 0.456. The molecule has 0 bridgehead atoms. The quantitative estimate of drug-likeness (QED) is 0.881. The SMILES string of the molecule is CCOc1ccc(-c2nnc(CNC(C)C)s2)cc1. The normalized spacial score (nSPS) is 10.9. The first-order chi connectivity index (χ1) is 9.19. The van der Waals surface area contributed by atoms with Crippen LogP contribution in [0.4, 0.5) is 0 Å². The largest absolute Gasteiger partial charge is 0.494 e. The second-order valence-corrected chi connectivity index (χ2v) is 5.56. The summed E-state index contributed by atoms with van der Waals surface area (Å²) in [5.74, 6) is 0.887. The topological polar surface area (TPSA) is 47.0 Å². The smallest absolute Gasteiger partial charge is 0.147 e. The van der Waals surface area contributed by atoms with E-state index >= 15 is 0 Å². The van der Waals surface area contributed by atoms with E-state index in [1.165, 1.54) is 0 Å². The lowest BCUT2D eigenvalue weighted by Gasteiger charge is -2.04. The third-order valence-corrected chi connectivity index (χ3v) is 3.51. The van der Waals surface area contributed by atoms with Crippen molar-refractivity contribution in [3.63, 3.8) is 0 Å². The number of benzene rings is 1. The van der Waals surface area contributed by atoms with Gasteiger partial charge in [0.1, 0.15) is 15.8 Å². The van der Waals surface area contributed by atoms with Crippen LogP contribution in [0.2, 0.25) is 0 Å². The molecule has 1 N–H and O–H groups in total. The predicted octanol–water partition coefficient (Wildman–Crippen LogP) is 3.10. The Hall–Kier alpha value is -1.46. The van der Waals surface area contributed by atoms with Gasteiger partial charge in [-0.2, -0.15) is 0 Å². The minimum Gasteiger partial charge on any atom is -0.494 e. The summed E-state index contributed by atoms with van der Waals surface area (Å²) >= 11 is 1.62. The molecule has 2 rings (SSSR count). The summed E-state index contributed by atoms with van der Waals surface area (Å²) in [6.07, 6.45) is 0. The molecule has 1 heterocycles. The summed E-state index contributed by atoms with van der Waals surface area (Å²) in [5.41, 5.74) is 1.08. The molecule has 0 aliphatic carbocycles. The molecule has 0 radical (unpaired) electrons. The van der Waals surface area contributed by atoms with E-state index in [0.29, 0.717) is 12.6 Å². The molecule has 5 heteroatoms. The average Bonchev–Trinajstić information content (AvgIpc) is 2.86. The van der Waals surface area contributed by atoms with Crippen LogP contribution in [0.3, 0.4) is 0 Å². The third kappa shape index (κ3) is 4.01. The van der Waals surface area contributed by atoms with Gasteiger partial charge in [0, 0.05) is 18.2 Å². The molecule has 1 aromatic heterocycles. The Labute approximate surface area is 117 Å². The maximum Gasteiger partial charge on any atom is 0.147 e. The van der Waals surface area contributed by atoms with Crippen molar-refractivity contribution in [2.45, 2.75) is 33.4 Å². The summed E-state index contributed by atoms with van der Waals surface area (Å²) in [6, 6.07) is 8.42. The first-order valence-electron chi connectivity index (χ1n) is 6.48. The van der Waals surface area contributed by atoms with Crippen molar-refractivity contribution in [2.24, 2.45) is 0 Å². The molecular weight excluding hydrogens is 258 g/mol. The molecule has 102 valence electrons. The van der Waals surface area contributed by atoms with Crippen LogP contribution in [0.25, 0.3) is 10.6 Å². The highest BCUT2D eigenvalue weighted by atomic mass is 32.1. The number of ether oxygens (including phenoxy) is 1. The molecule has 0 saturated carbocycles. The molecule has 0 aliphatic rings. The van der Waals surface area contributed by atoms with Crippen LogP contribution in [-0.4, -0.2) is 22.8 Å². The van der Waals surface area contributed by atoms with Crippen LogP contribution in [0.15, 0.2) is 24.3 Å². The lowest BCUT2D eigenvalue weighted by atomic mass is 10.2. The lowest BCUT2D eigenvalue weighted by Crippen LogP contribution is -2.21. The molecule has 4 nitrogen and oxygen atoms in total. The Morgan fingerprint density at radius 1 is 1.21 bits per heavy atom. The summed E-state index contributed by atoms with van der Waals surface area (Å²) in [5, 5.41) is 13.7. The molecule has 0 unspecified atom stereocenters. The zero-order valence-electron chi connectivity index (χ0n) is 11.5. The molecular formula is C14H19N3OS. The lowest BCUT2D eigenvalue weighted by molar-refractivity contribution is 0.340. The van der Waals surface area contributed by atoms with Gasteiger partial charge in [0.05, 0.1) is 6.61 Å². The second kappa shape index (κ2) is 6.63. The van der Waals surface area contributed by atoms with E-state index < -0.39 is 0 Å². The third-order valence-electron chi connectivity index (χ3n) is 2.54. The maximum atomic E-state index is 5.42. The van der Waals surface area contributed by atoms with E-state index in [2.05, 4.69) is 29.4 Å². The van der Waals surface area contributed by atoms with Crippen molar-refractivity contribution in [3.05, 3.63) is 29.3 Å². The number of hydrogen-bond acceptors (Lipinski definition) is 5. The van der Waals surface area contributed by atoms with Crippen molar-refractivity contribution in [1.29, 1.82) is 0 Å². The zero-order chi connectivity index (χ0) is 13.7. The Morgan fingerprint density at radius 2 is 1.95 bits per heavy atom. The first kappa shape index (κ1) is 14.0. The average molecular weight is 277 g/mol. The van der Waals surface area contributed by atoms with Gasteiger partial charge in [-0.1, -0.05) is 25.2 Å². The summed E-state index contributed by atoms with van der Waals surface area (Å²) < 4.78 is 5.42. The fourth-order valence-electron chi connectivity index (χ4n) is 1.59. The van der Waals surface area contributed by atoms with Gasteiger partial charge < -0.3 is 10.1 Å². The molecule has 0 aliphatic heterocycles. The highest BCUT2D eigenvalue weighted by Gasteiger charge is 2.07. The van der Waals surface area contributed by atoms with Gasteiger partial charge in [0.2, 0.25) is 0 Å². The highest BCUT2D eigenvalue weighted by molar-refractivity contribution is 7.14. The second-order valence-electron chi connectivity index (χ2n) is 4.49. The van der Waals surface area contributed by atoms with Gasteiger partial charge in [0.15, 0.2) is 0 Å². The zero-order valence-corrected chi connectivity index (χ0v) is 12.3. The van der Waals surface area contributed by atoms with E-state index in [1.54, 1.807) is 11.3 Å². The van der Waals surface area contributed by atoms with Crippen LogP contribution >= 0.6 is 11.3 Å². The summed E-state index contributed by atoms with van der Waals surface area (Å²) in [4.78, 5) is 0. The van der Waals surface area contributed by atoms with E-state index in [9.17, 15) is 0 Å². The fraction of sp³-hybridized carbons (Fsp3) is 0.429. The number of nitrogens with zero attached hydrogens (tertiary/aromatic N) is 2. The molecule has 1 aromatic carbocycles. The van der Waals surface area contributed by atoms with Crippen LogP contribution in [0.1, 0.15) is 25.8 Å². The van der Waals surface area contributed by atoms with E-state index in [1.807, 2.05) is 31.2 Å². The number of nitrogens with one attached hydrogen (secondary N) is 1. The summed E-state index contributed by atoms with van der Waals surface area (Å²) in [6.45, 7) is 7.67. The van der Waals surface area contributed by atoms with Crippen molar-refractivity contribution >= 4 is 11.3 Å². The van der Waals surface area contributed by atoms with Crippen LogP contribution in [-0.2, 0) is 6.54 Å². The molecule has 0 amide bonds. The fourth-order valence-corrected chi connectivity index (χ4v) is 2.39. The van der Waals surface area contributed by atoms with Crippen molar-refractivity contribution in [3.8, 4) is 16.3 Å². The number of hydrogen-bond donors (Lipinski definition) is 1. The molecule has 0 atom stereocenters. The Bertz CT molecular complexity index is 508. The number of aromatic nitrogens is 2. The monoisotopic (exact) mass is 277 g/mol. The van der Waals surface area contributed by atoms with E-state index in [0.717, 1.165) is 27.9 Å². The number of rotatable bonds is 6. The van der Waals surface area contributed by atoms with Crippen LogP contribution in [0.5, 0.6) is 5.75 Å². The van der Waals surface area contributed by atoms with Gasteiger partial charge in [-0.25, -0.2) is 0 Å². The molecule has 0 fully saturated rings. The van der Waals surface area contributed by atoms with Gasteiger partial charge in [-0.15, -0.1) is 10.2 Å². The molecule has 0 saturated heterocycles. The van der Waals surface area contributed by atoms with E-state index in [-0.39, 0.29) is 0 Å². The molecule has 2 aromatic rings.